The summed E-state index contributed by atoms with van der Waals surface area (Å²) < 4.78 is 1.67. The predicted octanol–water partition coefficient (Wildman–Crippen LogP) is 0.420. The van der Waals surface area contributed by atoms with Crippen LogP contribution in [-0.2, 0) is 43.5 Å². The molecule has 1 saturated heterocycles. The second-order valence-electron chi connectivity index (χ2n) is 12.6. The van der Waals surface area contributed by atoms with Gasteiger partial charge in [0, 0.05) is 32.3 Å². The summed E-state index contributed by atoms with van der Waals surface area (Å²) in [5.41, 5.74) is 1.47. The molecule has 5 N–H and O–H groups in total. The Morgan fingerprint density at radius 2 is 1.77 bits per heavy atom. The molecule has 0 aliphatic carbocycles. The van der Waals surface area contributed by atoms with Crippen LogP contribution in [-0.4, -0.2) is 93.2 Å². The van der Waals surface area contributed by atoms with E-state index in [-0.39, 0.29) is 24.2 Å². The standard InChI is InChI=1S/C33H49N9O5/c1-5-21(2)28-32(46)36-25(30(44)35-19-23-12-7-6-8-13-23)14-9-10-16-41-20-24(39-40-41)18-26(37-29(43)22(3)34-4)33(47)42-17-11-15-27(42)31(45)38-28/h6-8,12-13,20-22,25-28,34H,5,9-11,14-19H2,1-4H3,(H,35,44)(H,36,46)(H,37,43)(H,38,45)/t21-,22-,25-,26-,27-,28-/m0/s1. The summed E-state index contributed by atoms with van der Waals surface area (Å²) in [6.45, 7) is 6.67. The molecule has 0 spiro atoms. The molecule has 5 amide bonds. The van der Waals surface area contributed by atoms with E-state index in [1.165, 1.54) is 4.90 Å². The molecule has 1 aromatic heterocycles. The quantitative estimate of drug-likeness (QED) is 0.273. The van der Waals surface area contributed by atoms with Crippen molar-refractivity contribution >= 4 is 29.5 Å². The fraction of sp³-hybridized carbons (Fsp3) is 0.606. The fourth-order valence-corrected chi connectivity index (χ4v) is 5.89. The number of nitrogens with one attached hydrogen (secondary N) is 5. The molecule has 0 saturated carbocycles. The van der Waals surface area contributed by atoms with Crippen LogP contribution in [0.1, 0.15) is 70.6 Å². The highest BCUT2D eigenvalue weighted by atomic mass is 16.2. The largest absolute Gasteiger partial charge is 0.350 e. The summed E-state index contributed by atoms with van der Waals surface area (Å²) in [7, 11) is 1.66. The van der Waals surface area contributed by atoms with Gasteiger partial charge in [-0.3, -0.25) is 28.7 Å². The lowest BCUT2D eigenvalue weighted by Crippen LogP contribution is -2.59. The van der Waals surface area contributed by atoms with Crippen molar-refractivity contribution in [2.24, 2.45) is 5.92 Å². The number of nitrogens with zero attached hydrogens (tertiary/aromatic N) is 4. The second-order valence-corrected chi connectivity index (χ2v) is 12.6. The van der Waals surface area contributed by atoms with Crippen LogP contribution in [0, 0.1) is 5.92 Å². The van der Waals surface area contributed by atoms with Gasteiger partial charge in [-0.15, -0.1) is 5.10 Å². The minimum absolute atomic E-state index is 0.105. The molecule has 0 unspecified atom stereocenters. The molecular formula is C33H49N9O5. The SMILES string of the molecule is CC[C@H](C)[C@@H]1NC(=O)[C@@H]2CCCN2C(=O)[C@@H](NC(=O)[C@H](C)NC)Cc2cn(nn2)CCCC[C@@H](C(=O)NCc2ccccc2)NC1=O. The number of carbonyl (C=O) groups is 5. The maximum Gasteiger partial charge on any atom is 0.246 e. The number of rotatable bonds is 8. The number of fused-ring (bicyclic) bond motifs is 3. The smallest absolute Gasteiger partial charge is 0.246 e. The molecule has 1 fully saturated rings. The summed E-state index contributed by atoms with van der Waals surface area (Å²) in [5.74, 6) is -2.18. The Bertz CT molecular complexity index is 1380. The number of hydrogen-bond donors (Lipinski definition) is 5. The first-order valence-electron chi connectivity index (χ1n) is 16.7. The Morgan fingerprint density at radius 3 is 2.49 bits per heavy atom. The highest BCUT2D eigenvalue weighted by Crippen LogP contribution is 2.21. The van der Waals surface area contributed by atoms with Crippen molar-refractivity contribution in [2.75, 3.05) is 13.6 Å². The van der Waals surface area contributed by atoms with E-state index < -0.39 is 47.9 Å². The van der Waals surface area contributed by atoms with Crippen LogP contribution in [0.2, 0.25) is 0 Å². The van der Waals surface area contributed by atoms with Crippen molar-refractivity contribution in [1.29, 1.82) is 0 Å². The number of carbonyl (C=O) groups excluding carboxylic acids is 5. The summed E-state index contributed by atoms with van der Waals surface area (Å²) >= 11 is 0. The summed E-state index contributed by atoms with van der Waals surface area (Å²) in [4.78, 5) is 69.3. The van der Waals surface area contributed by atoms with Crippen LogP contribution >= 0.6 is 0 Å². The van der Waals surface area contributed by atoms with Gasteiger partial charge >= 0.3 is 0 Å². The van der Waals surface area contributed by atoms with Gasteiger partial charge in [-0.1, -0.05) is 55.8 Å². The van der Waals surface area contributed by atoms with Crippen LogP contribution in [0.25, 0.3) is 0 Å². The van der Waals surface area contributed by atoms with E-state index in [1.807, 2.05) is 44.2 Å². The summed E-state index contributed by atoms with van der Waals surface area (Å²) in [5, 5.41) is 23.0. The molecule has 14 heteroatoms. The number of aromatic nitrogens is 3. The van der Waals surface area contributed by atoms with Crippen molar-refractivity contribution in [3.05, 3.63) is 47.8 Å². The zero-order valence-electron chi connectivity index (χ0n) is 27.8. The zero-order chi connectivity index (χ0) is 33.9. The minimum Gasteiger partial charge on any atom is -0.350 e. The van der Waals surface area contributed by atoms with Gasteiger partial charge in [-0.05, 0) is 57.6 Å². The molecule has 14 nitrogen and oxygen atoms in total. The maximum absolute atomic E-state index is 14.0. The van der Waals surface area contributed by atoms with Gasteiger partial charge in [-0.2, -0.15) is 0 Å². The minimum atomic E-state index is -0.959. The molecular weight excluding hydrogens is 602 g/mol. The third-order valence-corrected chi connectivity index (χ3v) is 9.14. The van der Waals surface area contributed by atoms with Gasteiger partial charge in [0.05, 0.1) is 11.7 Å². The van der Waals surface area contributed by atoms with E-state index in [2.05, 4.69) is 36.9 Å². The first-order chi connectivity index (χ1) is 22.6. The second kappa shape index (κ2) is 17.0. The van der Waals surface area contributed by atoms with Crippen molar-refractivity contribution in [1.82, 2.24) is 46.5 Å². The van der Waals surface area contributed by atoms with Gasteiger partial charge in [-0.25, -0.2) is 0 Å². The van der Waals surface area contributed by atoms with Crippen LogP contribution in [0.5, 0.6) is 0 Å². The maximum atomic E-state index is 14.0. The Kier molecular flexibility index (Phi) is 12.9. The lowest BCUT2D eigenvalue weighted by Gasteiger charge is -2.31. The molecule has 47 heavy (non-hydrogen) atoms. The third-order valence-electron chi connectivity index (χ3n) is 9.14. The molecule has 256 valence electrons. The molecule has 2 aliphatic rings. The third kappa shape index (κ3) is 9.60. The van der Waals surface area contributed by atoms with E-state index in [0.717, 1.165) is 5.56 Å². The van der Waals surface area contributed by atoms with Gasteiger partial charge in [0.2, 0.25) is 29.5 Å². The Balaban J connectivity index is 1.60. The van der Waals surface area contributed by atoms with Crippen molar-refractivity contribution < 1.29 is 24.0 Å². The Morgan fingerprint density at radius 1 is 1.00 bits per heavy atom. The van der Waals surface area contributed by atoms with Crippen molar-refractivity contribution in [3.63, 3.8) is 0 Å². The molecule has 1 aromatic carbocycles. The van der Waals surface area contributed by atoms with Crippen molar-refractivity contribution in [3.8, 4) is 0 Å². The molecule has 0 radical (unpaired) electrons. The summed E-state index contributed by atoms with van der Waals surface area (Å²) in [6.07, 6.45) is 5.11. The lowest BCUT2D eigenvalue weighted by atomic mass is 9.96. The normalized spacial score (nSPS) is 24.2. The van der Waals surface area contributed by atoms with Gasteiger partial charge in [0.25, 0.3) is 0 Å². The van der Waals surface area contributed by atoms with E-state index in [4.69, 9.17) is 0 Å². The van der Waals surface area contributed by atoms with Gasteiger partial charge < -0.3 is 31.5 Å². The van der Waals surface area contributed by atoms with Gasteiger partial charge in [0.15, 0.2) is 0 Å². The first kappa shape index (κ1) is 35.5. The highest BCUT2D eigenvalue weighted by Gasteiger charge is 2.40. The number of hydrogen-bond acceptors (Lipinski definition) is 8. The van der Waals surface area contributed by atoms with E-state index in [9.17, 15) is 24.0 Å². The average Bonchev–Trinajstić information content (AvgIpc) is 3.76. The fourth-order valence-electron chi connectivity index (χ4n) is 5.89. The van der Waals surface area contributed by atoms with Crippen LogP contribution in [0.4, 0.5) is 0 Å². The van der Waals surface area contributed by atoms with Crippen LogP contribution < -0.4 is 26.6 Å². The molecule has 2 aliphatic heterocycles. The number of likely N-dealkylation sites (N-methyl/N-ethyl adjacent to an activating group) is 1. The molecule has 6 atom stereocenters. The zero-order valence-corrected chi connectivity index (χ0v) is 27.8. The Labute approximate surface area is 276 Å². The summed E-state index contributed by atoms with van der Waals surface area (Å²) in [6, 6.07) is 5.49. The van der Waals surface area contributed by atoms with E-state index in [1.54, 1.807) is 24.9 Å². The molecule has 4 rings (SSSR count). The monoisotopic (exact) mass is 651 g/mol. The number of benzene rings is 1. The highest BCUT2D eigenvalue weighted by molar-refractivity contribution is 5.96. The van der Waals surface area contributed by atoms with Crippen molar-refractivity contribution in [2.45, 2.75) is 109 Å². The average molecular weight is 652 g/mol. The van der Waals surface area contributed by atoms with Crippen LogP contribution in [0.3, 0.4) is 0 Å². The first-order valence-corrected chi connectivity index (χ1v) is 16.7. The number of aryl methyl sites for hydroxylation is 1. The van der Waals surface area contributed by atoms with E-state index >= 15 is 0 Å². The predicted molar refractivity (Wildman–Crippen MR) is 174 cm³/mol. The Hall–Kier alpha value is -4.33. The number of amides is 5. The molecule has 3 heterocycles. The topological polar surface area (TPSA) is 179 Å². The van der Waals surface area contributed by atoms with Crippen LogP contribution in [0.15, 0.2) is 36.5 Å². The molecule has 2 bridgehead atoms. The van der Waals surface area contributed by atoms with Gasteiger partial charge in [0.1, 0.15) is 24.2 Å². The van der Waals surface area contributed by atoms with E-state index in [0.29, 0.717) is 63.9 Å². The lowest BCUT2D eigenvalue weighted by molar-refractivity contribution is -0.142. The molecule has 2 aromatic rings.